The molecule has 0 aliphatic carbocycles. The van der Waals surface area contributed by atoms with Crippen LogP contribution in [0.25, 0.3) is 10.6 Å². The lowest BCUT2D eigenvalue weighted by molar-refractivity contribution is 0.0597. The Morgan fingerprint density at radius 3 is 3.10 bits per heavy atom. The van der Waals surface area contributed by atoms with Gasteiger partial charge in [0, 0.05) is 25.2 Å². The van der Waals surface area contributed by atoms with E-state index in [1.807, 2.05) is 28.5 Å². The third kappa shape index (κ3) is 2.36. The summed E-state index contributed by atoms with van der Waals surface area (Å²) in [6, 6.07) is 6.33. The van der Waals surface area contributed by atoms with Gasteiger partial charge < -0.3 is 10.2 Å². The van der Waals surface area contributed by atoms with Crippen molar-refractivity contribution in [3.63, 3.8) is 0 Å². The number of carbonyl (C=O) groups is 1. The van der Waals surface area contributed by atoms with Gasteiger partial charge in [-0.15, -0.1) is 11.3 Å². The fourth-order valence-electron chi connectivity index (χ4n) is 2.48. The van der Waals surface area contributed by atoms with Crippen molar-refractivity contribution in [1.82, 2.24) is 20.4 Å². The maximum Gasteiger partial charge on any atom is 0.274 e. The number of nitrogens with zero attached hydrogens (tertiary/aromatic N) is 2. The van der Waals surface area contributed by atoms with Gasteiger partial charge in [0.2, 0.25) is 0 Å². The van der Waals surface area contributed by atoms with E-state index in [4.69, 9.17) is 0 Å². The highest BCUT2D eigenvalue weighted by Crippen LogP contribution is 2.23. The van der Waals surface area contributed by atoms with Crippen molar-refractivity contribution in [3.8, 4) is 10.6 Å². The Bertz CT molecular complexity index is 592. The predicted octanol–water partition coefficient (Wildman–Crippen LogP) is 1.96. The zero-order chi connectivity index (χ0) is 14.1. The van der Waals surface area contributed by atoms with E-state index in [1.165, 1.54) is 0 Å². The first-order chi connectivity index (χ1) is 9.66. The summed E-state index contributed by atoms with van der Waals surface area (Å²) in [5.41, 5.74) is 1.40. The third-order valence-electron chi connectivity index (χ3n) is 3.88. The Balaban J connectivity index is 1.81. The number of nitrogens with one attached hydrogen (secondary N) is 2. The molecule has 1 aliphatic heterocycles. The van der Waals surface area contributed by atoms with Crippen molar-refractivity contribution in [2.75, 3.05) is 13.1 Å². The molecule has 106 valence electrons. The molecule has 0 saturated carbocycles. The number of piperazine rings is 1. The third-order valence-corrected chi connectivity index (χ3v) is 4.78. The second-order valence-corrected chi connectivity index (χ2v) is 6.07. The second kappa shape index (κ2) is 5.38. The van der Waals surface area contributed by atoms with E-state index >= 15 is 0 Å². The largest absolute Gasteiger partial charge is 0.332 e. The number of hydrogen-bond donors (Lipinski definition) is 2. The van der Waals surface area contributed by atoms with Crippen LogP contribution in [0, 0.1) is 0 Å². The van der Waals surface area contributed by atoms with Crippen LogP contribution in [0.15, 0.2) is 23.6 Å². The fourth-order valence-corrected chi connectivity index (χ4v) is 3.17. The summed E-state index contributed by atoms with van der Waals surface area (Å²) in [5, 5.41) is 12.5. The highest BCUT2D eigenvalue weighted by atomic mass is 32.1. The monoisotopic (exact) mass is 290 g/mol. The van der Waals surface area contributed by atoms with Crippen LogP contribution in [-0.4, -0.2) is 46.2 Å². The normalized spacial score (nSPS) is 23.0. The standard InChI is InChI=1S/C14H18N4OS/c1-9-10(2)18(6-5-15-9)14(19)12-8-11(16-17-12)13-4-3-7-20-13/h3-4,7-10,15H,5-6H2,1-2H3,(H,16,17). The molecule has 1 aliphatic rings. The second-order valence-electron chi connectivity index (χ2n) is 5.13. The number of hydrogen-bond acceptors (Lipinski definition) is 4. The zero-order valence-corrected chi connectivity index (χ0v) is 12.4. The SMILES string of the molecule is CC1NCCN(C(=O)c2cc(-c3cccs3)[nH]n2)C1C. The molecule has 5 nitrogen and oxygen atoms in total. The molecule has 20 heavy (non-hydrogen) atoms. The summed E-state index contributed by atoms with van der Waals surface area (Å²) in [5.74, 6) is 0.00454. The number of aromatic nitrogens is 2. The zero-order valence-electron chi connectivity index (χ0n) is 11.6. The molecule has 2 aromatic heterocycles. The fraction of sp³-hybridized carbons (Fsp3) is 0.429. The van der Waals surface area contributed by atoms with Crippen LogP contribution < -0.4 is 5.32 Å². The summed E-state index contributed by atoms with van der Waals surface area (Å²) in [6.07, 6.45) is 0. The molecule has 3 heterocycles. The smallest absolute Gasteiger partial charge is 0.274 e. The van der Waals surface area contributed by atoms with Gasteiger partial charge in [0.15, 0.2) is 5.69 Å². The summed E-state index contributed by atoms with van der Waals surface area (Å²) in [6.45, 7) is 5.73. The summed E-state index contributed by atoms with van der Waals surface area (Å²) in [7, 11) is 0. The molecular weight excluding hydrogens is 272 g/mol. The Kier molecular flexibility index (Phi) is 3.58. The van der Waals surface area contributed by atoms with Crippen molar-refractivity contribution in [2.45, 2.75) is 25.9 Å². The Morgan fingerprint density at radius 1 is 1.50 bits per heavy atom. The number of carbonyl (C=O) groups excluding carboxylic acids is 1. The van der Waals surface area contributed by atoms with Crippen molar-refractivity contribution in [3.05, 3.63) is 29.3 Å². The molecule has 0 radical (unpaired) electrons. The summed E-state index contributed by atoms with van der Waals surface area (Å²) >= 11 is 1.63. The molecular formula is C14H18N4OS. The average Bonchev–Trinajstić information content (AvgIpc) is 3.11. The van der Waals surface area contributed by atoms with Gasteiger partial charge in [-0.2, -0.15) is 5.10 Å². The van der Waals surface area contributed by atoms with Crippen LogP contribution in [0.5, 0.6) is 0 Å². The van der Waals surface area contributed by atoms with Gasteiger partial charge in [0.25, 0.3) is 5.91 Å². The first kappa shape index (κ1) is 13.3. The number of thiophene rings is 1. The van der Waals surface area contributed by atoms with Gasteiger partial charge in [-0.1, -0.05) is 6.07 Å². The van der Waals surface area contributed by atoms with E-state index in [0.717, 1.165) is 23.7 Å². The molecule has 6 heteroatoms. The Morgan fingerprint density at radius 2 is 2.35 bits per heavy atom. The van der Waals surface area contributed by atoms with Gasteiger partial charge in [-0.3, -0.25) is 9.89 Å². The lowest BCUT2D eigenvalue weighted by Gasteiger charge is -2.38. The summed E-state index contributed by atoms with van der Waals surface area (Å²) < 4.78 is 0. The minimum atomic E-state index is 0.00454. The minimum absolute atomic E-state index is 0.00454. The van der Waals surface area contributed by atoms with E-state index in [2.05, 4.69) is 29.4 Å². The highest BCUT2D eigenvalue weighted by molar-refractivity contribution is 7.13. The van der Waals surface area contributed by atoms with Gasteiger partial charge in [0.05, 0.1) is 10.6 Å². The molecule has 0 spiro atoms. The highest BCUT2D eigenvalue weighted by Gasteiger charge is 2.29. The van der Waals surface area contributed by atoms with Crippen molar-refractivity contribution >= 4 is 17.2 Å². The first-order valence-electron chi connectivity index (χ1n) is 6.80. The van der Waals surface area contributed by atoms with Gasteiger partial charge in [-0.25, -0.2) is 0 Å². The number of H-pyrrole nitrogens is 1. The van der Waals surface area contributed by atoms with E-state index in [9.17, 15) is 4.79 Å². The van der Waals surface area contributed by atoms with Crippen molar-refractivity contribution in [2.24, 2.45) is 0 Å². The van der Waals surface area contributed by atoms with Crippen LogP contribution in [-0.2, 0) is 0 Å². The molecule has 0 aromatic carbocycles. The lowest BCUT2D eigenvalue weighted by Crippen LogP contribution is -2.57. The molecule has 2 aromatic rings. The van der Waals surface area contributed by atoms with Crippen LogP contribution >= 0.6 is 11.3 Å². The predicted molar refractivity (Wildman–Crippen MR) is 79.9 cm³/mol. The van der Waals surface area contributed by atoms with Gasteiger partial charge in [-0.05, 0) is 31.4 Å². The first-order valence-corrected chi connectivity index (χ1v) is 7.68. The molecule has 0 bridgehead atoms. The molecule has 1 amide bonds. The van der Waals surface area contributed by atoms with Crippen molar-refractivity contribution < 1.29 is 4.79 Å². The van der Waals surface area contributed by atoms with Gasteiger partial charge in [0.1, 0.15) is 0 Å². The molecule has 2 atom stereocenters. The molecule has 3 rings (SSSR count). The topological polar surface area (TPSA) is 61.0 Å². The van der Waals surface area contributed by atoms with E-state index in [1.54, 1.807) is 11.3 Å². The van der Waals surface area contributed by atoms with E-state index in [0.29, 0.717) is 11.7 Å². The summed E-state index contributed by atoms with van der Waals surface area (Å²) in [4.78, 5) is 15.6. The maximum absolute atomic E-state index is 12.6. The van der Waals surface area contributed by atoms with Crippen LogP contribution in [0.4, 0.5) is 0 Å². The molecule has 1 fully saturated rings. The minimum Gasteiger partial charge on any atom is -0.332 e. The Labute approximate surface area is 122 Å². The average molecular weight is 290 g/mol. The lowest BCUT2D eigenvalue weighted by atomic mass is 10.1. The molecule has 2 unspecified atom stereocenters. The quantitative estimate of drug-likeness (QED) is 0.889. The van der Waals surface area contributed by atoms with Crippen LogP contribution in [0.3, 0.4) is 0 Å². The maximum atomic E-state index is 12.6. The number of amides is 1. The van der Waals surface area contributed by atoms with Crippen LogP contribution in [0.2, 0.25) is 0 Å². The van der Waals surface area contributed by atoms with Crippen LogP contribution in [0.1, 0.15) is 24.3 Å². The number of aromatic amines is 1. The Hall–Kier alpha value is -1.66. The van der Waals surface area contributed by atoms with Gasteiger partial charge >= 0.3 is 0 Å². The van der Waals surface area contributed by atoms with Crippen molar-refractivity contribution in [1.29, 1.82) is 0 Å². The molecule has 2 N–H and O–H groups in total. The van der Waals surface area contributed by atoms with E-state index < -0.39 is 0 Å². The van der Waals surface area contributed by atoms with E-state index in [-0.39, 0.29) is 11.9 Å². The molecule has 1 saturated heterocycles. The number of rotatable bonds is 2.